The van der Waals surface area contributed by atoms with Crippen LogP contribution in [-0.2, 0) is 9.59 Å². The highest BCUT2D eigenvalue weighted by atomic mass is 127. The molecule has 2 heterocycles. The number of hydrogen-bond acceptors (Lipinski definition) is 5. The molecule has 3 aromatic rings. The van der Waals surface area contributed by atoms with Gasteiger partial charge in [0.15, 0.2) is 5.16 Å². The first-order valence-electron chi connectivity index (χ1n) is 11.9. The van der Waals surface area contributed by atoms with E-state index in [9.17, 15) is 14.4 Å². The monoisotopic (exact) mass is 604 g/mol. The number of primary amides is 1. The summed E-state index contributed by atoms with van der Waals surface area (Å²) in [4.78, 5) is 45.4. The van der Waals surface area contributed by atoms with Gasteiger partial charge in [-0.25, -0.2) is 4.98 Å². The maximum absolute atomic E-state index is 13.6. The number of nitrogens with zero attached hydrogens (tertiary/aromatic N) is 3. The zero-order chi connectivity index (χ0) is 24.9. The smallest absolute Gasteiger partial charge is 0.266 e. The Morgan fingerprint density at radius 2 is 1.91 bits per heavy atom. The van der Waals surface area contributed by atoms with Crippen LogP contribution in [0.1, 0.15) is 39.0 Å². The van der Waals surface area contributed by atoms with Gasteiger partial charge in [-0.2, -0.15) is 0 Å². The number of carbonyl (C=O) groups excluding carboxylic acids is 2. The summed E-state index contributed by atoms with van der Waals surface area (Å²) >= 11 is 3.59. The van der Waals surface area contributed by atoms with Crippen LogP contribution < -0.4 is 11.3 Å². The number of halogens is 1. The number of unbranched alkanes of at least 4 members (excludes halogenated alkanes) is 1. The zero-order valence-corrected chi connectivity index (χ0v) is 22.6. The van der Waals surface area contributed by atoms with E-state index in [0.717, 1.165) is 22.1 Å². The lowest BCUT2D eigenvalue weighted by Crippen LogP contribution is -2.45. The Kier molecular flexibility index (Phi) is 8.48. The number of amides is 2. The molecule has 0 aliphatic carbocycles. The molecule has 1 fully saturated rings. The molecule has 9 heteroatoms. The van der Waals surface area contributed by atoms with Crippen molar-refractivity contribution in [3.8, 4) is 5.69 Å². The third-order valence-corrected chi connectivity index (χ3v) is 8.24. The normalized spacial score (nSPS) is 15.3. The first kappa shape index (κ1) is 25.7. The molecule has 2 amide bonds. The lowest BCUT2D eigenvalue weighted by Gasteiger charge is -2.33. The van der Waals surface area contributed by atoms with Gasteiger partial charge in [-0.15, -0.1) is 0 Å². The Balaban J connectivity index is 1.71. The number of aromatic nitrogens is 2. The summed E-state index contributed by atoms with van der Waals surface area (Å²) < 4.78 is 2.63. The molecule has 1 saturated heterocycles. The molecule has 0 spiro atoms. The second kappa shape index (κ2) is 11.6. The van der Waals surface area contributed by atoms with Crippen molar-refractivity contribution in [1.82, 2.24) is 14.5 Å². The van der Waals surface area contributed by atoms with Crippen LogP contribution in [0.5, 0.6) is 0 Å². The van der Waals surface area contributed by atoms with Crippen LogP contribution in [-0.4, -0.2) is 44.6 Å². The number of carbonyl (C=O) groups is 2. The molecule has 1 atom stereocenters. The van der Waals surface area contributed by atoms with E-state index in [1.165, 1.54) is 11.8 Å². The Labute approximate surface area is 222 Å². The number of fused-ring (bicyclic) bond motifs is 1. The predicted octanol–water partition coefficient (Wildman–Crippen LogP) is 4.37. The molecule has 0 saturated carbocycles. The van der Waals surface area contributed by atoms with Crippen molar-refractivity contribution in [2.24, 2.45) is 11.7 Å². The summed E-state index contributed by atoms with van der Waals surface area (Å²) in [6.45, 7) is 3.13. The summed E-state index contributed by atoms with van der Waals surface area (Å²) in [5.74, 6) is -0.437. The summed E-state index contributed by atoms with van der Waals surface area (Å²) in [5.41, 5.74) is 6.67. The third-order valence-electron chi connectivity index (χ3n) is 6.36. The Hall–Kier alpha value is -2.40. The number of para-hydroxylation sites is 1. The minimum Gasteiger partial charge on any atom is -0.369 e. The van der Waals surface area contributed by atoms with Gasteiger partial charge >= 0.3 is 0 Å². The van der Waals surface area contributed by atoms with E-state index in [1.807, 2.05) is 47.4 Å². The van der Waals surface area contributed by atoms with E-state index in [0.29, 0.717) is 48.4 Å². The molecular formula is C26H29IN4O3S. The second-order valence-electron chi connectivity index (χ2n) is 8.78. The Morgan fingerprint density at radius 3 is 2.60 bits per heavy atom. The van der Waals surface area contributed by atoms with E-state index in [4.69, 9.17) is 10.7 Å². The fraction of sp³-hybridized carbons (Fsp3) is 0.385. The topological polar surface area (TPSA) is 98.3 Å². The van der Waals surface area contributed by atoms with Gasteiger partial charge in [0, 0.05) is 22.6 Å². The molecule has 2 aromatic carbocycles. The maximum atomic E-state index is 13.6. The summed E-state index contributed by atoms with van der Waals surface area (Å²) in [6, 6.07) is 15.0. The zero-order valence-electron chi connectivity index (χ0n) is 19.7. The molecule has 0 bridgehead atoms. The molecule has 0 radical (unpaired) electrons. The first-order valence-corrected chi connectivity index (χ1v) is 13.9. The highest BCUT2D eigenvalue weighted by Crippen LogP contribution is 2.31. The highest BCUT2D eigenvalue weighted by Gasteiger charge is 2.31. The summed E-state index contributed by atoms with van der Waals surface area (Å²) in [6.07, 6.45) is 3.72. The van der Waals surface area contributed by atoms with Crippen molar-refractivity contribution >= 4 is 57.1 Å². The lowest BCUT2D eigenvalue weighted by molar-refractivity contribution is -0.134. The molecular weight excluding hydrogens is 575 g/mol. The Morgan fingerprint density at radius 1 is 1.17 bits per heavy atom. The molecule has 35 heavy (non-hydrogen) atoms. The average molecular weight is 605 g/mol. The molecule has 2 N–H and O–H groups in total. The minimum atomic E-state index is -0.373. The highest BCUT2D eigenvalue weighted by molar-refractivity contribution is 14.1. The number of benzene rings is 2. The van der Waals surface area contributed by atoms with E-state index in [2.05, 4.69) is 29.5 Å². The SMILES string of the molecule is CCCCC(Sc1nc2ccccc2c(=O)n1-c1cccc(I)c1)C(=O)N1CCC(C(N)=O)CC1. The average Bonchev–Trinajstić information content (AvgIpc) is 2.86. The second-order valence-corrected chi connectivity index (χ2v) is 11.2. The molecule has 7 nitrogen and oxygen atoms in total. The van der Waals surface area contributed by atoms with E-state index in [1.54, 1.807) is 10.6 Å². The molecule has 1 aliphatic rings. The Bertz CT molecular complexity index is 1290. The maximum Gasteiger partial charge on any atom is 0.266 e. The van der Waals surface area contributed by atoms with Gasteiger partial charge in [-0.3, -0.25) is 19.0 Å². The molecule has 1 unspecified atom stereocenters. The van der Waals surface area contributed by atoms with Gasteiger partial charge in [0.2, 0.25) is 11.8 Å². The van der Waals surface area contributed by atoms with Gasteiger partial charge < -0.3 is 10.6 Å². The molecule has 184 valence electrons. The summed E-state index contributed by atoms with van der Waals surface area (Å²) in [7, 11) is 0. The van der Waals surface area contributed by atoms with Crippen LogP contribution >= 0.6 is 34.4 Å². The quantitative estimate of drug-likeness (QED) is 0.234. The van der Waals surface area contributed by atoms with E-state index >= 15 is 0 Å². The van der Waals surface area contributed by atoms with Crippen LogP contribution in [0.2, 0.25) is 0 Å². The number of thioether (sulfide) groups is 1. The number of nitrogens with two attached hydrogens (primary N) is 1. The van der Waals surface area contributed by atoms with Gasteiger partial charge in [0.25, 0.3) is 5.56 Å². The van der Waals surface area contributed by atoms with Gasteiger partial charge in [0.05, 0.1) is 21.8 Å². The van der Waals surface area contributed by atoms with Gasteiger partial charge in [-0.05, 0) is 72.2 Å². The number of likely N-dealkylation sites (tertiary alicyclic amines) is 1. The van der Waals surface area contributed by atoms with E-state index in [-0.39, 0.29) is 28.5 Å². The van der Waals surface area contributed by atoms with Crippen LogP contribution in [0, 0.1) is 9.49 Å². The standard InChI is InChI=1S/C26H29IN4O3S/c1-2-3-11-22(25(34)30-14-12-17(13-15-30)23(28)32)35-26-29-21-10-5-4-9-20(21)24(33)31(26)19-8-6-7-18(27)16-19/h4-10,16-17,22H,2-3,11-15H2,1H3,(H2,28,32). The van der Waals surface area contributed by atoms with Crippen molar-refractivity contribution in [3.63, 3.8) is 0 Å². The minimum absolute atomic E-state index is 0.0305. The van der Waals surface area contributed by atoms with Crippen molar-refractivity contribution in [1.29, 1.82) is 0 Å². The first-order chi connectivity index (χ1) is 16.9. The van der Waals surface area contributed by atoms with Crippen molar-refractivity contribution < 1.29 is 9.59 Å². The van der Waals surface area contributed by atoms with Gasteiger partial charge in [-0.1, -0.05) is 49.7 Å². The fourth-order valence-electron chi connectivity index (χ4n) is 4.37. The predicted molar refractivity (Wildman–Crippen MR) is 148 cm³/mol. The van der Waals surface area contributed by atoms with Gasteiger partial charge in [0.1, 0.15) is 0 Å². The number of hydrogen-bond donors (Lipinski definition) is 1. The lowest BCUT2D eigenvalue weighted by atomic mass is 9.96. The molecule has 1 aliphatic heterocycles. The van der Waals surface area contributed by atoms with Crippen LogP contribution in [0.3, 0.4) is 0 Å². The van der Waals surface area contributed by atoms with Crippen molar-refractivity contribution in [2.75, 3.05) is 13.1 Å². The van der Waals surface area contributed by atoms with Crippen LogP contribution in [0.4, 0.5) is 0 Å². The largest absolute Gasteiger partial charge is 0.369 e. The molecule has 4 rings (SSSR count). The van der Waals surface area contributed by atoms with Crippen molar-refractivity contribution in [2.45, 2.75) is 49.4 Å². The molecule has 1 aromatic heterocycles. The fourth-order valence-corrected chi connectivity index (χ4v) is 6.13. The number of piperidine rings is 1. The third kappa shape index (κ3) is 5.88. The van der Waals surface area contributed by atoms with E-state index < -0.39 is 0 Å². The van der Waals surface area contributed by atoms with Crippen LogP contribution in [0.25, 0.3) is 16.6 Å². The number of rotatable bonds is 8. The van der Waals surface area contributed by atoms with Crippen molar-refractivity contribution in [3.05, 3.63) is 62.5 Å². The van der Waals surface area contributed by atoms with Crippen LogP contribution in [0.15, 0.2) is 58.5 Å². The summed E-state index contributed by atoms with van der Waals surface area (Å²) in [5, 5.41) is 0.681.